The van der Waals surface area contributed by atoms with Gasteiger partial charge in [-0.25, -0.2) is 4.68 Å². The number of hydrogen-bond acceptors (Lipinski definition) is 4. The highest BCUT2D eigenvalue weighted by Crippen LogP contribution is 2.23. The quantitative estimate of drug-likeness (QED) is 0.796. The number of ether oxygens (including phenoxy) is 1. The molecule has 3 rings (SSSR count). The molecule has 1 aromatic heterocycles. The molecule has 5 nitrogen and oxygen atoms in total. The van der Waals surface area contributed by atoms with Crippen LogP contribution in [0.4, 0.5) is 0 Å². The van der Waals surface area contributed by atoms with Gasteiger partial charge in [0.05, 0.1) is 30.7 Å². The highest BCUT2D eigenvalue weighted by molar-refractivity contribution is 5.36. The van der Waals surface area contributed by atoms with Gasteiger partial charge in [0.2, 0.25) is 0 Å². The minimum Gasteiger partial charge on any atom is -0.497 e. The van der Waals surface area contributed by atoms with Crippen molar-refractivity contribution < 1.29 is 4.74 Å². The van der Waals surface area contributed by atoms with Crippen molar-refractivity contribution >= 4 is 0 Å². The predicted octanol–water partition coefficient (Wildman–Crippen LogP) is 2.32. The molecule has 0 aliphatic heterocycles. The molecule has 0 amide bonds. The first-order valence-electron chi connectivity index (χ1n) is 6.65. The first kappa shape index (κ1) is 13.3. The average molecular weight is 280 g/mol. The van der Waals surface area contributed by atoms with Crippen LogP contribution in [0.15, 0.2) is 60.8 Å². The van der Waals surface area contributed by atoms with Crippen LogP contribution in [0.25, 0.3) is 5.69 Å². The molecule has 0 fully saturated rings. The van der Waals surface area contributed by atoms with E-state index in [-0.39, 0.29) is 6.04 Å². The van der Waals surface area contributed by atoms with Crippen molar-refractivity contribution in [3.8, 4) is 11.4 Å². The largest absolute Gasteiger partial charge is 0.497 e. The summed E-state index contributed by atoms with van der Waals surface area (Å²) in [4.78, 5) is 0. The minimum absolute atomic E-state index is 0.300. The standard InChI is InChI=1S/C16H16N4O/c1-21-14-9-7-12(8-10-14)16(17)15-11-18-19-20(15)13-5-3-2-4-6-13/h2-11,16H,17H2,1H3. The van der Waals surface area contributed by atoms with Crippen LogP contribution in [0, 0.1) is 0 Å². The Bertz CT molecular complexity index is 707. The number of para-hydroxylation sites is 1. The van der Waals surface area contributed by atoms with E-state index in [0.29, 0.717) is 0 Å². The van der Waals surface area contributed by atoms with Crippen molar-refractivity contribution in [3.63, 3.8) is 0 Å². The van der Waals surface area contributed by atoms with E-state index in [2.05, 4.69) is 10.3 Å². The topological polar surface area (TPSA) is 66.0 Å². The van der Waals surface area contributed by atoms with Crippen molar-refractivity contribution in [2.75, 3.05) is 7.11 Å². The lowest BCUT2D eigenvalue weighted by molar-refractivity contribution is 0.414. The van der Waals surface area contributed by atoms with Gasteiger partial charge < -0.3 is 10.5 Å². The summed E-state index contributed by atoms with van der Waals surface area (Å²) < 4.78 is 6.92. The molecule has 0 aliphatic carbocycles. The summed E-state index contributed by atoms with van der Waals surface area (Å²) >= 11 is 0. The molecule has 2 N–H and O–H groups in total. The Kier molecular flexibility index (Phi) is 3.66. The summed E-state index contributed by atoms with van der Waals surface area (Å²) in [6, 6.07) is 17.2. The van der Waals surface area contributed by atoms with E-state index in [1.54, 1.807) is 18.0 Å². The lowest BCUT2D eigenvalue weighted by atomic mass is 10.0. The number of hydrogen-bond donors (Lipinski definition) is 1. The summed E-state index contributed by atoms with van der Waals surface area (Å²) in [5.74, 6) is 0.806. The first-order chi connectivity index (χ1) is 10.3. The molecule has 1 atom stereocenters. The van der Waals surface area contributed by atoms with E-state index in [4.69, 9.17) is 10.5 Å². The van der Waals surface area contributed by atoms with Crippen molar-refractivity contribution in [2.24, 2.45) is 5.73 Å². The fraction of sp³-hybridized carbons (Fsp3) is 0.125. The van der Waals surface area contributed by atoms with Gasteiger partial charge in [-0.05, 0) is 29.8 Å². The smallest absolute Gasteiger partial charge is 0.118 e. The summed E-state index contributed by atoms with van der Waals surface area (Å²) in [6.45, 7) is 0. The predicted molar refractivity (Wildman–Crippen MR) is 80.4 cm³/mol. The van der Waals surface area contributed by atoms with Crippen LogP contribution in [0.2, 0.25) is 0 Å². The Balaban J connectivity index is 1.95. The summed E-state index contributed by atoms with van der Waals surface area (Å²) in [7, 11) is 1.64. The summed E-state index contributed by atoms with van der Waals surface area (Å²) in [6.07, 6.45) is 1.70. The second kappa shape index (κ2) is 5.76. The molecule has 0 saturated carbocycles. The molecule has 0 radical (unpaired) electrons. The van der Waals surface area contributed by atoms with Crippen molar-refractivity contribution in [3.05, 3.63) is 72.1 Å². The second-order valence-electron chi connectivity index (χ2n) is 4.66. The van der Waals surface area contributed by atoms with Crippen molar-refractivity contribution in [2.45, 2.75) is 6.04 Å². The fourth-order valence-electron chi connectivity index (χ4n) is 2.21. The zero-order chi connectivity index (χ0) is 14.7. The maximum atomic E-state index is 6.35. The van der Waals surface area contributed by atoms with E-state index in [9.17, 15) is 0 Å². The molecule has 0 spiro atoms. The maximum Gasteiger partial charge on any atom is 0.118 e. The van der Waals surface area contributed by atoms with Gasteiger partial charge >= 0.3 is 0 Å². The molecular weight excluding hydrogens is 264 g/mol. The molecule has 106 valence electrons. The van der Waals surface area contributed by atoms with Gasteiger partial charge in [-0.15, -0.1) is 5.10 Å². The molecule has 1 heterocycles. The lowest BCUT2D eigenvalue weighted by Gasteiger charge is -2.14. The fourth-order valence-corrected chi connectivity index (χ4v) is 2.21. The first-order valence-corrected chi connectivity index (χ1v) is 6.65. The third-order valence-electron chi connectivity index (χ3n) is 3.37. The van der Waals surface area contributed by atoms with Crippen LogP contribution in [0.1, 0.15) is 17.3 Å². The molecular formula is C16H16N4O. The van der Waals surface area contributed by atoms with E-state index in [0.717, 1.165) is 22.7 Å². The van der Waals surface area contributed by atoms with Crippen LogP contribution in [-0.2, 0) is 0 Å². The Hall–Kier alpha value is -2.66. The normalized spacial score (nSPS) is 12.1. The Morgan fingerprint density at radius 3 is 2.43 bits per heavy atom. The Morgan fingerprint density at radius 2 is 1.76 bits per heavy atom. The average Bonchev–Trinajstić information content (AvgIpc) is 3.04. The third-order valence-corrected chi connectivity index (χ3v) is 3.37. The lowest BCUT2D eigenvalue weighted by Crippen LogP contribution is -2.16. The zero-order valence-electron chi connectivity index (χ0n) is 11.7. The van der Waals surface area contributed by atoms with Gasteiger partial charge in [-0.2, -0.15) is 0 Å². The van der Waals surface area contributed by atoms with Gasteiger partial charge in [0.1, 0.15) is 5.75 Å². The van der Waals surface area contributed by atoms with Crippen LogP contribution >= 0.6 is 0 Å². The molecule has 3 aromatic rings. The Labute approximate surface area is 123 Å². The van der Waals surface area contributed by atoms with E-state index in [1.807, 2.05) is 54.6 Å². The molecule has 21 heavy (non-hydrogen) atoms. The number of methoxy groups -OCH3 is 1. The molecule has 0 aliphatic rings. The number of nitrogens with zero attached hydrogens (tertiary/aromatic N) is 3. The van der Waals surface area contributed by atoms with E-state index in [1.165, 1.54) is 0 Å². The van der Waals surface area contributed by atoms with Crippen LogP contribution in [0.5, 0.6) is 5.75 Å². The van der Waals surface area contributed by atoms with E-state index < -0.39 is 0 Å². The van der Waals surface area contributed by atoms with Crippen molar-refractivity contribution in [1.29, 1.82) is 0 Å². The summed E-state index contributed by atoms with van der Waals surface area (Å²) in [5, 5.41) is 8.12. The maximum absolute atomic E-state index is 6.35. The minimum atomic E-state index is -0.300. The van der Waals surface area contributed by atoms with Crippen LogP contribution in [0.3, 0.4) is 0 Å². The molecule has 1 unspecified atom stereocenters. The van der Waals surface area contributed by atoms with Gasteiger partial charge in [0.15, 0.2) is 0 Å². The van der Waals surface area contributed by atoms with Gasteiger partial charge in [-0.1, -0.05) is 35.5 Å². The highest BCUT2D eigenvalue weighted by atomic mass is 16.5. The molecule has 5 heteroatoms. The van der Waals surface area contributed by atoms with Gasteiger partial charge in [0.25, 0.3) is 0 Å². The number of nitrogens with two attached hydrogens (primary N) is 1. The van der Waals surface area contributed by atoms with Crippen molar-refractivity contribution in [1.82, 2.24) is 15.0 Å². The second-order valence-corrected chi connectivity index (χ2v) is 4.66. The van der Waals surface area contributed by atoms with Gasteiger partial charge in [0, 0.05) is 0 Å². The van der Waals surface area contributed by atoms with Crippen LogP contribution < -0.4 is 10.5 Å². The number of benzene rings is 2. The third kappa shape index (κ3) is 2.64. The number of rotatable bonds is 4. The zero-order valence-corrected chi connectivity index (χ0v) is 11.7. The molecule has 0 saturated heterocycles. The Morgan fingerprint density at radius 1 is 1.05 bits per heavy atom. The van der Waals surface area contributed by atoms with Crippen LogP contribution in [-0.4, -0.2) is 22.1 Å². The SMILES string of the molecule is COc1ccc(C(N)c2cnnn2-c2ccccc2)cc1. The highest BCUT2D eigenvalue weighted by Gasteiger charge is 2.16. The summed E-state index contributed by atoms with van der Waals surface area (Å²) in [5.41, 5.74) is 9.11. The van der Waals surface area contributed by atoms with Gasteiger partial charge in [-0.3, -0.25) is 0 Å². The number of aromatic nitrogens is 3. The molecule has 2 aromatic carbocycles. The van der Waals surface area contributed by atoms with E-state index >= 15 is 0 Å². The monoisotopic (exact) mass is 280 g/mol. The molecule has 0 bridgehead atoms.